The summed E-state index contributed by atoms with van der Waals surface area (Å²) in [5.41, 5.74) is -0.370. The SMILES string of the molecule is Cn1nc2c(C(F)(F)F)cccc2c1-c1ccc(O)cc1O. The number of alkyl halides is 3. The second-order valence-corrected chi connectivity index (χ2v) is 4.87. The van der Waals surface area contributed by atoms with Gasteiger partial charge in [0.2, 0.25) is 0 Å². The minimum absolute atomic E-state index is 0.135. The minimum atomic E-state index is -4.51. The molecule has 2 aromatic carbocycles. The molecule has 0 radical (unpaired) electrons. The second kappa shape index (κ2) is 4.66. The van der Waals surface area contributed by atoms with Crippen LogP contribution in [0.3, 0.4) is 0 Å². The van der Waals surface area contributed by atoms with Gasteiger partial charge in [-0.3, -0.25) is 4.68 Å². The Hall–Kier alpha value is -2.70. The number of aryl methyl sites for hydroxylation is 1. The van der Waals surface area contributed by atoms with Crippen molar-refractivity contribution in [3.8, 4) is 22.8 Å². The van der Waals surface area contributed by atoms with Gasteiger partial charge >= 0.3 is 6.18 Å². The minimum Gasteiger partial charge on any atom is -0.508 e. The highest BCUT2D eigenvalue weighted by molar-refractivity contribution is 5.96. The number of aromatic nitrogens is 2. The van der Waals surface area contributed by atoms with Crippen LogP contribution in [0.15, 0.2) is 36.4 Å². The first-order chi connectivity index (χ1) is 10.3. The highest BCUT2D eigenvalue weighted by Crippen LogP contribution is 2.40. The molecular weight excluding hydrogens is 297 g/mol. The van der Waals surface area contributed by atoms with Crippen LogP contribution in [0, 0.1) is 0 Å². The van der Waals surface area contributed by atoms with Gasteiger partial charge in [0.15, 0.2) is 0 Å². The molecule has 0 fully saturated rings. The molecule has 0 saturated carbocycles. The van der Waals surface area contributed by atoms with Gasteiger partial charge in [0.05, 0.1) is 11.3 Å². The van der Waals surface area contributed by atoms with Gasteiger partial charge in [-0.1, -0.05) is 12.1 Å². The third-order valence-electron chi connectivity index (χ3n) is 3.41. The summed E-state index contributed by atoms with van der Waals surface area (Å²) in [6.45, 7) is 0. The van der Waals surface area contributed by atoms with E-state index in [1.165, 1.54) is 36.0 Å². The Labute approximate surface area is 123 Å². The normalized spacial score (nSPS) is 12.0. The average molecular weight is 308 g/mol. The third-order valence-corrected chi connectivity index (χ3v) is 3.41. The lowest BCUT2D eigenvalue weighted by atomic mass is 10.0. The molecular formula is C15H11F3N2O2. The van der Waals surface area contributed by atoms with Crippen LogP contribution in [0.25, 0.3) is 22.2 Å². The number of hydrogen-bond donors (Lipinski definition) is 2. The van der Waals surface area contributed by atoms with Gasteiger partial charge in [-0.2, -0.15) is 18.3 Å². The monoisotopic (exact) mass is 308 g/mol. The molecule has 4 nitrogen and oxygen atoms in total. The lowest BCUT2D eigenvalue weighted by Crippen LogP contribution is -2.05. The maximum absolute atomic E-state index is 13.1. The van der Waals surface area contributed by atoms with E-state index < -0.39 is 11.7 Å². The standard InChI is InChI=1S/C15H11F3N2O2/c1-20-14(9-6-5-8(21)7-12(9)22)10-3-2-4-11(13(10)19-20)15(16,17)18/h2-7,21-22H,1H3. The van der Waals surface area contributed by atoms with Crippen molar-refractivity contribution in [1.82, 2.24) is 9.78 Å². The molecule has 2 N–H and O–H groups in total. The van der Waals surface area contributed by atoms with Crippen LogP contribution in [0.5, 0.6) is 11.5 Å². The van der Waals surface area contributed by atoms with Crippen molar-refractivity contribution in [3.05, 3.63) is 42.0 Å². The van der Waals surface area contributed by atoms with Crippen molar-refractivity contribution < 1.29 is 23.4 Å². The fraction of sp³-hybridized carbons (Fsp3) is 0.133. The van der Waals surface area contributed by atoms with Crippen molar-refractivity contribution in [2.75, 3.05) is 0 Å². The summed E-state index contributed by atoms with van der Waals surface area (Å²) >= 11 is 0. The lowest BCUT2D eigenvalue weighted by Gasteiger charge is -2.07. The number of phenols is 2. The molecule has 22 heavy (non-hydrogen) atoms. The molecule has 1 heterocycles. The molecule has 0 aliphatic heterocycles. The van der Waals surface area contributed by atoms with Crippen LogP contribution in [-0.2, 0) is 13.2 Å². The highest BCUT2D eigenvalue weighted by Gasteiger charge is 2.34. The van der Waals surface area contributed by atoms with E-state index in [1.54, 1.807) is 0 Å². The summed E-state index contributed by atoms with van der Waals surface area (Å²) in [6.07, 6.45) is -4.51. The first-order valence-electron chi connectivity index (χ1n) is 6.34. The van der Waals surface area contributed by atoms with Gasteiger partial charge in [-0.15, -0.1) is 0 Å². The number of aromatic hydroxyl groups is 2. The van der Waals surface area contributed by atoms with E-state index in [0.29, 0.717) is 11.3 Å². The summed E-state index contributed by atoms with van der Waals surface area (Å²) in [6, 6.07) is 7.69. The summed E-state index contributed by atoms with van der Waals surface area (Å²) < 4.78 is 40.5. The van der Waals surface area contributed by atoms with Gasteiger partial charge in [0.25, 0.3) is 0 Å². The van der Waals surface area contributed by atoms with Gasteiger partial charge in [-0.25, -0.2) is 0 Å². The van der Waals surface area contributed by atoms with Crippen molar-refractivity contribution in [2.45, 2.75) is 6.18 Å². The van der Waals surface area contributed by atoms with E-state index >= 15 is 0 Å². The number of rotatable bonds is 1. The fourth-order valence-electron chi connectivity index (χ4n) is 2.49. The fourth-order valence-corrected chi connectivity index (χ4v) is 2.49. The smallest absolute Gasteiger partial charge is 0.418 e. The molecule has 0 bridgehead atoms. The number of fused-ring (bicyclic) bond motifs is 1. The third kappa shape index (κ3) is 2.14. The van der Waals surface area contributed by atoms with Crippen LogP contribution >= 0.6 is 0 Å². The zero-order valence-corrected chi connectivity index (χ0v) is 11.4. The number of nitrogens with zero attached hydrogens (tertiary/aromatic N) is 2. The molecule has 3 aromatic rings. The zero-order chi connectivity index (χ0) is 16.1. The quantitative estimate of drug-likeness (QED) is 0.721. The summed E-state index contributed by atoms with van der Waals surface area (Å²) in [5.74, 6) is -0.369. The van der Waals surface area contributed by atoms with E-state index in [0.717, 1.165) is 12.1 Å². The summed E-state index contributed by atoms with van der Waals surface area (Å²) in [5, 5.41) is 23.5. The zero-order valence-electron chi connectivity index (χ0n) is 11.4. The molecule has 0 spiro atoms. The number of benzene rings is 2. The van der Waals surface area contributed by atoms with Crippen molar-refractivity contribution >= 4 is 10.9 Å². The average Bonchev–Trinajstić information content (AvgIpc) is 2.74. The Kier molecular flexibility index (Phi) is 3.01. The molecule has 0 unspecified atom stereocenters. The molecule has 0 atom stereocenters. The van der Waals surface area contributed by atoms with E-state index in [1.807, 2.05) is 0 Å². The molecule has 0 amide bonds. The molecule has 1 aromatic heterocycles. The second-order valence-electron chi connectivity index (χ2n) is 4.87. The van der Waals surface area contributed by atoms with E-state index in [9.17, 15) is 23.4 Å². The molecule has 0 saturated heterocycles. The molecule has 7 heteroatoms. The van der Waals surface area contributed by atoms with E-state index in [2.05, 4.69) is 5.10 Å². The summed E-state index contributed by atoms with van der Waals surface area (Å²) in [7, 11) is 1.50. The maximum atomic E-state index is 13.1. The number of hydrogen-bond acceptors (Lipinski definition) is 3. The van der Waals surface area contributed by atoms with E-state index in [-0.39, 0.29) is 22.4 Å². The van der Waals surface area contributed by atoms with Crippen molar-refractivity contribution in [3.63, 3.8) is 0 Å². The van der Waals surface area contributed by atoms with Crippen LogP contribution in [-0.4, -0.2) is 20.0 Å². The Morgan fingerprint density at radius 2 is 1.82 bits per heavy atom. The van der Waals surface area contributed by atoms with Crippen LogP contribution in [0.2, 0.25) is 0 Å². The Morgan fingerprint density at radius 1 is 1.09 bits per heavy atom. The molecule has 3 rings (SSSR count). The Bertz CT molecular complexity index is 869. The van der Waals surface area contributed by atoms with Crippen molar-refractivity contribution in [2.24, 2.45) is 7.05 Å². The Balaban J connectivity index is 2.34. The van der Waals surface area contributed by atoms with Gasteiger partial charge in [0, 0.05) is 24.1 Å². The van der Waals surface area contributed by atoms with Crippen LogP contribution in [0.1, 0.15) is 5.56 Å². The molecule has 0 aliphatic carbocycles. The number of halogens is 3. The highest BCUT2D eigenvalue weighted by atomic mass is 19.4. The van der Waals surface area contributed by atoms with Crippen LogP contribution < -0.4 is 0 Å². The predicted molar refractivity (Wildman–Crippen MR) is 74.5 cm³/mol. The molecule has 0 aliphatic rings. The van der Waals surface area contributed by atoms with Crippen molar-refractivity contribution in [1.29, 1.82) is 0 Å². The first-order valence-corrected chi connectivity index (χ1v) is 6.34. The maximum Gasteiger partial charge on any atom is 0.418 e. The van der Waals surface area contributed by atoms with Gasteiger partial charge < -0.3 is 10.2 Å². The topological polar surface area (TPSA) is 58.3 Å². The van der Waals surface area contributed by atoms with Gasteiger partial charge in [-0.05, 0) is 18.2 Å². The largest absolute Gasteiger partial charge is 0.508 e. The van der Waals surface area contributed by atoms with Gasteiger partial charge in [0.1, 0.15) is 17.0 Å². The lowest BCUT2D eigenvalue weighted by molar-refractivity contribution is -0.136. The number of phenolic OH excluding ortho intramolecular Hbond substituents is 2. The predicted octanol–water partition coefficient (Wildman–Crippen LogP) is 3.67. The van der Waals surface area contributed by atoms with Crippen LogP contribution in [0.4, 0.5) is 13.2 Å². The molecule has 114 valence electrons. The van der Waals surface area contributed by atoms with E-state index in [4.69, 9.17) is 0 Å². The Morgan fingerprint density at radius 3 is 2.45 bits per heavy atom. The first kappa shape index (κ1) is 14.2. The summed E-state index contributed by atoms with van der Waals surface area (Å²) in [4.78, 5) is 0.